The molecule has 0 spiro atoms. The van der Waals surface area contributed by atoms with E-state index in [-0.39, 0.29) is 0 Å². The number of anilines is 1. The normalized spacial score (nSPS) is 10.1. The van der Waals surface area contributed by atoms with Crippen LogP contribution in [0.25, 0.3) is 10.9 Å². The maximum Gasteiger partial charge on any atom is 0.101 e. The molecule has 3 heteroatoms. The fourth-order valence-electron chi connectivity index (χ4n) is 1.75. The Morgan fingerprint density at radius 2 is 2.19 bits per heavy atom. The summed E-state index contributed by atoms with van der Waals surface area (Å²) in [7, 11) is 2.04. The second kappa shape index (κ2) is 4.19. The van der Waals surface area contributed by atoms with Crippen LogP contribution in [0.2, 0.25) is 0 Å². The zero-order chi connectivity index (χ0) is 11.5. The van der Waals surface area contributed by atoms with E-state index >= 15 is 0 Å². The van der Waals surface area contributed by atoms with E-state index in [2.05, 4.69) is 22.9 Å². The summed E-state index contributed by atoms with van der Waals surface area (Å²) in [5.74, 6) is 0. The third-order valence-electron chi connectivity index (χ3n) is 2.75. The molecule has 0 aliphatic rings. The number of hydrogen-bond acceptors (Lipinski definition) is 3. The van der Waals surface area contributed by atoms with Gasteiger partial charge in [0.05, 0.1) is 11.1 Å². The molecule has 0 radical (unpaired) electrons. The summed E-state index contributed by atoms with van der Waals surface area (Å²) in [5, 5.41) is 10.1. The topological polar surface area (TPSA) is 39.9 Å². The molecule has 0 unspecified atom stereocenters. The van der Waals surface area contributed by atoms with E-state index in [0.29, 0.717) is 5.56 Å². The van der Waals surface area contributed by atoms with Crippen LogP contribution in [0.15, 0.2) is 30.5 Å². The van der Waals surface area contributed by atoms with Crippen molar-refractivity contribution in [1.29, 1.82) is 5.26 Å². The van der Waals surface area contributed by atoms with Gasteiger partial charge in [0, 0.05) is 30.9 Å². The summed E-state index contributed by atoms with van der Waals surface area (Å²) in [6.45, 7) is 3.02. The van der Waals surface area contributed by atoms with Gasteiger partial charge in [0.15, 0.2) is 0 Å². The number of rotatable bonds is 2. The summed E-state index contributed by atoms with van der Waals surface area (Å²) in [6, 6.07) is 9.89. The van der Waals surface area contributed by atoms with Crippen LogP contribution in [0, 0.1) is 11.3 Å². The van der Waals surface area contributed by atoms with Crippen molar-refractivity contribution in [3.63, 3.8) is 0 Å². The van der Waals surface area contributed by atoms with Crippen molar-refractivity contribution in [3.8, 4) is 6.07 Å². The van der Waals surface area contributed by atoms with E-state index in [1.54, 1.807) is 6.20 Å². The number of hydrogen-bond donors (Lipinski definition) is 0. The van der Waals surface area contributed by atoms with Gasteiger partial charge in [-0.05, 0) is 31.2 Å². The average Bonchev–Trinajstić information content (AvgIpc) is 2.36. The van der Waals surface area contributed by atoms with E-state index in [9.17, 15) is 0 Å². The number of benzene rings is 1. The molecule has 0 bridgehead atoms. The molecule has 0 saturated heterocycles. The molecule has 2 aromatic rings. The van der Waals surface area contributed by atoms with Gasteiger partial charge in [-0.25, -0.2) is 0 Å². The number of aromatic nitrogens is 1. The Hall–Kier alpha value is -2.08. The van der Waals surface area contributed by atoms with Gasteiger partial charge in [0.25, 0.3) is 0 Å². The van der Waals surface area contributed by atoms with Gasteiger partial charge < -0.3 is 4.90 Å². The van der Waals surface area contributed by atoms with Crippen molar-refractivity contribution in [2.75, 3.05) is 18.5 Å². The second-order valence-corrected chi connectivity index (χ2v) is 3.66. The molecule has 2 rings (SSSR count). The molecule has 0 aliphatic carbocycles. The SMILES string of the molecule is CCN(C)c1ccc(C#N)c2ncccc12. The Bertz CT molecular complexity index is 555. The fraction of sp³-hybridized carbons (Fsp3) is 0.231. The smallest absolute Gasteiger partial charge is 0.101 e. The lowest BCUT2D eigenvalue weighted by molar-refractivity contribution is 0.973. The molecule has 0 aliphatic heterocycles. The standard InChI is InChI=1S/C13H13N3/c1-3-16(2)12-7-6-10(9-14)13-11(12)5-4-8-15-13/h4-8H,3H2,1-2H3. The lowest BCUT2D eigenvalue weighted by atomic mass is 10.1. The van der Waals surface area contributed by atoms with Gasteiger partial charge in [-0.2, -0.15) is 5.26 Å². The van der Waals surface area contributed by atoms with Gasteiger partial charge in [0.1, 0.15) is 6.07 Å². The largest absolute Gasteiger partial charge is 0.374 e. The van der Waals surface area contributed by atoms with E-state index in [1.807, 2.05) is 31.3 Å². The molecule has 1 heterocycles. The summed E-state index contributed by atoms with van der Waals surface area (Å²) in [4.78, 5) is 6.42. The maximum absolute atomic E-state index is 9.02. The molecule has 0 saturated carbocycles. The van der Waals surface area contributed by atoms with Gasteiger partial charge in [0.2, 0.25) is 0 Å². The monoisotopic (exact) mass is 211 g/mol. The van der Waals surface area contributed by atoms with Crippen molar-refractivity contribution < 1.29 is 0 Å². The van der Waals surface area contributed by atoms with E-state index in [4.69, 9.17) is 5.26 Å². The van der Waals surface area contributed by atoms with Crippen molar-refractivity contribution in [2.45, 2.75) is 6.92 Å². The third-order valence-corrected chi connectivity index (χ3v) is 2.75. The van der Waals surface area contributed by atoms with E-state index in [1.165, 1.54) is 0 Å². The van der Waals surface area contributed by atoms with E-state index in [0.717, 1.165) is 23.1 Å². The summed E-state index contributed by atoms with van der Waals surface area (Å²) in [5.41, 5.74) is 2.52. The predicted octanol–water partition coefficient (Wildman–Crippen LogP) is 2.56. The zero-order valence-electron chi connectivity index (χ0n) is 9.44. The van der Waals surface area contributed by atoms with Crippen molar-refractivity contribution in [1.82, 2.24) is 4.98 Å². The Kier molecular flexibility index (Phi) is 2.74. The molecule has 0 fully saturated rings. The van der Waals surface area contributed by atoms with Crippen LogP contribution >= 0.6 is 0 Å². The maximum atomic E-state index is 9.02. The van der Waals surface area contributed by atoms with Gasteiger partial charge in [-0.15, -0.1) is 0 Å². The first-order valence-electron chi connectivity index (χ1n) is 5.27. The highest BCUT2D eigenvalue weighted by atomic mass is 15.1. The molecule has 80 valence electrons. The minimum absolute atomic E-state index is 0.629. The summed E-state index contributed by atoms with van der Waals surface area (Å²) in [6.07, 6.45) is 1.72. The van der Waals surface area contributed by atoms with E-state index < -0.39 is 0 Å². The predicted molar refractivity (Wildman–Crippen MR) is 65.4 cm³/mol. The van der Waals surface area contributed by atoms with Crippen LogP contribution in [-0.2, 0) is 0 Å². The lowest BCUT2D eigenvalue weighted by Crippen LogP contribution is -2.16. The van der Waals surface area contributed by atoms with Crippen LogP contribution in [-0.4, -0.2) is 18.6 Å². The molecule has 0 atom stereocenters. The quantitative estimate of drug-likeness (QED) is 0.766. The molecule has 0 N–H and O–H groups in total. The van der Waals surface area contributed by atoms with Crippen molar-refractivity contribution >= 4 is 16.6 Å². The Morgan fingerprint density at radius 3 is 2.88 bits per heavy atom. The van der Waals surface area contributed by atoms with Crippen LogP contribution in [0.1, 0.15) is 12.5 Å². The minimum Gasteiger partial charge on any atom is -0.374 e. The lowest BCUT2D eigenvalue weighted by Gasteiger charge is -2.19. The number of fused-ring (bicyclic) bond motifs is 1. The zero-order valence-corrected chi connectivity index (χ0v) is 9.44. The first-order chi connectivity index (χ1) is 7.77. The van der Waals surface area contributed by atoms with Crippen molar-refractivity contribution in [3.05, 3.63) is 36.0 Å². The first kappa shape index (κ1) is 10.4. The third kappa shape index (κ3) is 1.59. The van der Waals surface area contributed by atoms with Crippen LogP contribution in [0.3, 0.4) is 0 Å². The number of nitriles is 1. The fourth-order valence-corrected chi connectivity index (χ4v) is 1.75. The second-order valence-electron chi connectivity index (χ2n) is 3.66. The summed E-state index contributed by atoms with van der Waals surface area (Å²) < 4.78 is 0. The highest BCUT2D eigenvalue weighted by molar-refractivity contribution is 5.95. The van der Waals surface area contributed by atoms with Crippen LogP contribution in [0.4, 0.5) is 5.69 Å². The number of nitrogens with zero attached hydrogens (tertiary/aromatic N) is 3. The van der Waals surface area contributed by atoms with Gasteiger partial charge in [-0.3, -0.25) is 4.98 Å². The van der Waals surface area contributed by atoms with Gasteiger partial charge >= 0.3 is 0 Å². The summed E-state index contributed by atoms with van der Waals surface area (Å²) >= 11 is 0. The first-order valence-corrected chi connectivity index (χ1v) is 5.27. The van der Waals surface area contributed by atoms with Crippen molar-refractivity contribution in [2.24, 2.45) is 0 Å². The Labute approximate surface area is 94.9 Å². The molecular weight excluding hydrogens is 198 g/mol. The minimum atomic E-state index is 0.629. The van der Waals surface area contributed by atoms with Gasteiger partial charge in [-0.1, -0.05) is 0 Å². The molecule has 3 nitrogen and oxygen atoms in total. The molecule has 16 heavy (non-hydrogen) atoms. The highest BCUT2D eigenvalue weighted by Crippen LogP contribution is 2.26. The molecule has 0 amide bonds. The Morgan fingerprint density at radius 1 is 1.38 bits per heavy atom. The highest BCUT2D eigenvalue weighted by Gasteiger charge is 2.08. The Balaban J connectivity index is 2.75. The number of pyridine rings is 1. The van der Waals surface area contributed by atoms with Crippen LogP contribution in [0.5, 0.6) is 0 Å². The molecule has 1 aromatic heterocycles. The van der Waals surface area contributed by atoms with Crippen LogP contribution < -0.4 is 4.90 Å². The molecular formula is C13H13N3. The average molecular weight is 211 g/mol. The molecule has 1 aromatic carbocycles.